The Balaban J connectivity index is 1.48. The first-order valence-electron chi connectivity index (χ1n) is 10.2. The molecule has 7 nitrogen and oxygen atoms in total. The molecule has 1 amide bonds. The van der Waals surface area contributed by atoms with E-state index in [-0.39, 0.29) is 11.1 Å². The summed E-state index contributed by atoms with van der Waals surface area (Å²) >= 11 is 1.32. The standard InChI is InChI=1S/C22H25N5O2S/c1-15-9-11-27(14-17-8-5-10-23-13-17)21(29)19(15)20(28)24-22-26-25-18(30-22)12-16-6-3-2-4-7-16/h2-4,6-7,9,11,17,23H,5,8,10,12-14H2,1H3,(H,24,26,28). The maximum absolute atomic E-state index is 13.0. The highest BCUT2D eigenvalue weighted by Gasteiger charge is 2.20. The fourth-order valence-corrected chi connectivity index (χ4v) is 4.52. The Kier molecular flexibility index (Phi) is 6.35. The predicted octanol–water partition coefficient (Wildman–Crippen LogP) is 2.85. The number of hydrogen-bond donors (Lipinski definition) is 2. The van der Waals surface area contributed by atoms with Crippen LogP contribution in [0.15, 0.2) is 47.4 Å². The lowest BCUT2D eigenvalue weighted by Crippen LogP contribution is -2.36. The largest absolute Gasteiger partial charge is 0.316 e. The van der Waals surface area contributed by atoms with Crippen LogP contribution in [0.1, 0.15) is 39.3 Å². The minimum absolute atomic E-state index is 0.168. The lowest BCUT2D eigenvalue weighted by atomic mass is 9.99. The summed E-state index contributed by atoms with van der Waals surface area (Å²) in [7, 11) is 0. The molecule has 0 saturated carbocycles. The van der Waals surface area contributed by atoms with E-state index in [1.54, 1.807) is 17.7 Å². The molecular formula is C22H25N5O2S. The van der Waals surface area contributed by atoms with Gasteiger partial charge >= 0.3 is 0 Å². The van der Waals surface area contributed by atoms with Crippen molar-refractivity contribution in [1.82, 2.24) is 20.1 Å². The van der Waals surface area contributed by atoms with Crippen LogP contribution >= 0.6 is 11.3 Å². The van der Waals surface area contributed by atoms with Gasteiger partial charge in [0.15, 0.2) is 0 Å². The molecule has 156 valence electrons. The molecule has 30 heavy (non-hydrogen) atoms. The highest BCUT2D eigenvalue weighted by atomic mass is 32.1. The van der Waals surface area contributed by atoms with Gasteiger partial charge in [0, 0.05) is 19.2 Å². The third-order valence-electron chi connectivity index (χ3n) is 5.34. The van der Waals surface area contributed by atoms with Gasteiger partial charge in [-0.15, -0.1) is 10.2 Å². The minimum atomic E-state index is -0.434. The number of aromatic nitrogens is 3. The number of hydrogen-bond acceptors (Lipinski definition) is 6. The number of carbonyl (C=O) groups is 1. The number of nitrogens with zero attached hydrogens (tertiary/aromatic N) is 3. The SMILES string of the molecule is Cc1ccn(CC2CCCNC2)c(=O)c1C(=O)Nc1nnc(Cc2ccccc2)s1. The van der Waals surface area contributed by atoms with Crippen LogP contribution < -0.4 is 16.2 Å². The average Bonchev–Trinajstić information content (AvgIpc) is 3.18. The Labute approximate surface area is 179 Å². The zero-order chi connectivity index (χ0) is 20.9. The van der Waals surface area contributed by atoms with Crippen LogP contribution in [0.3, 0.4) is 0 Å². The fraction of sp³-hybridized carbons (Fsp3) is 0.364. The number of piperidine rings is 1. The van der Waals surface area contributed by atoms with Crippen molar-refractivity contribution in [3.63, 3.8) is 0 Å². The third kappa shape index (κ3) is 4.83. The van der Waals surface area contributed by atoms with E-state index in [9.17, 15) is 9.59 Å². The van der Waals surface area contributed by atoms with Gasteiger partial charge in [0.25, 0.3) is 11.5 Å². The Morgan fingerprint density at radius 3 is 2.87 bits per heavy atom. The van der Waals surface area contributed by atoms with Crippen molar-refractivity contribution in [2.45, 2.75) is 32.7 Å². The van der Waals surface area contributed by atoms with Gasteiger partial charge in [-0.05, 0) is 56.0 Å². The van der Waals surface area contributed by atoms with Crippen molar-refractivity contribution in [2.75, 3.05) is 18.4 Å². The van der Waals surface area contributed by atoms with Crippen molar-refractivity contribution in [3.8, 4) is 0 Å². The number of pyridine rings is 1. The number of anilines is 1. The zero-order valence-corrected chi connectivity index (χ0v) is 17.7. The fourth-order valence-electron chi connectivity index (χ4n) is 3.75. The lowest BCUT2D eigenvalue weighted by molar-refractivity contribution is 0.102. The topological polar surface area (TPSA) is 88.9 Å². The van der Waals surface area contributed by atoms with E-state index in [4.69, 9.17) is 0 Å². The molecule has 1 aromatic carbocycles. The number of rotatable bonds is 6. The van der Waals surface area contributed by atoms with Gasteiger partial charge in [0.05, 0.1) is 0 Å². The predicted molar refractivity (Wildman–Crippen MR) is 118 cm³/mol. The lowest BCUT2D eigenvalue weighted by Gasteiger charge is -2.23. The van der Waals surface area contributed by atoms with Gasteiger partial charge in [-0.2, -0.15) is 0 Å². The molecule has 3 heterocycles. The maximum Gasteiger partial charge on any atom is 0.263 e. The van der Waals surface area contributed by atoms with E-state index in [1.807, 2.05) is 36.4 Å². The van der Waals surface area contributed by atoms with Gasteiger partial charge in [0.2, 0.25) is 5.13 Å². The summed E-state index contributed by atoms with van der Waals surface area (Å²) in [6.07, 6.45) is 4.64. The molecule has 0 bridgehead atoms. The van der Waals surface area contributed by atoms with Gasteiger partial charge in [0.1, 0.15) is 10.6 Å². The Morgan fingerprint density at radius 2 is 2.10 bits per heavy atom. The molecule has 1 aliphatic rings. The molecule has 3 aromatic rings. The molecule has 2 N–H and O–H groups in total. The van der Waals surface area contributed by atoms with E-state index in [1.165, 1.54) is 11.3 Å². The second-order valence-corrected chi connectivity index (χ2v) is 8.72. The number of benzene rings is 1. The van der Waals surface area contributed by atoms with Crippen molar-refractivity contribution in [1.29, 1.82) is 0 Å². The summed E-state index contributed by atoms with van der Waals surface area (Å²) in [5, 5.41) is 15.6. The molecule has 4 rings (SSSR count). The van der Waals surface area contributed by atoms with E-state index >= 15 is 0 Å². The number of carbonyl (C=O) groups excluding carboxylic acids is 1. The molecular weight excluding hydrogens is 398 g/mol. The highest BCUT2D eigenvalue weighted by molar-refractivity contribution is 7.15. The summed E-state index contributed by atoms with van der Waals surface area (Å²) in [5.74, 6) is -0.0326. The molecule has 0 radical (unpaired) electrons. The number of amides is 1. The Morgan fingerprint density at radius 1 is 1.27 bits per heavy atom. The summed E-state index contributed by atoms with van der Waals surface area (Å²) in [6.45, 7) is 4.33. The second-order valence-electron chi connectivity index (χ2n) is 7.66. The highest BCUT2D eigenvalue weighted by Crippen LogP contribution is 2.19. The Hall–Kier alpha value is -2.84. The maximum atomic E-state index is 13.0. The van der Waals surface area contributed by atoms with Crippen molar-refractivity contribution < 1.29 is 4.79 Å². The van der Waals surface area contributed by atoms with Crippen LogP contribution in [0.4, 0.5) is 5.13 Å². The van der Waals surface area contributed by atoms with Crippen LogP contribution in [-0.4, -0.2) is 33.8 Å². The van der Waals surface area contributed by atoms with E-state index < -0.39 is 5.91 Å². The Bertz CT molecular complexity index is 1070. The van der Waals surface area contributed by atoms with Crippen LogP contribution in [0.25, 0.3) is 0 Å². The second kappa shape index (κ2) is 9.32. The van der Waals surface area contributed by atoms with Crippen molar-refractivity contribution in [2.24, 2.45) is 5.92 Å². The normalized spacial score (nSPS) is 16.4. The third-order valence-corrected chi connectivity index (χ3v) is 6.18. The molecule has 0 spiro atoms. The van der Waals surface area contributed by atoms with Crippen LogP contribution in [0.2, 0.25) is 0 Å². The molecule has 1 aliphatic heterocycles. The molecule has 1 saturated heterocycles. The average molecular weight is 424 g/mol. The van der Waals surface area contributed by atoms with Gasteiger partial charge in [-0.3, -0.25) is 14.9 Å². The zero-order valence-electron chi connectivity index (χ0n) is 16.9. The van der Waals surface area contributed by atoms with Crippen molar-refractivity contribution >= 4 is 22.4 Å². The number of aryl methyl sites for hydroxylation is 1. The minimum Gasteiger partial charge on any atom is -0.316 e. The molecule has 2 aromatic heterocycles. The summed E-state index contributed by atoms with van der Waals surface area (Å²) in [4.78, 5) is 25.9. The van der Waals surface area contributed by atoms with Crippen LogP contribution in [-0.2, 0) is 13.0 Å². The molecule has 0 aliphatic carbocycles. The van der Waals surface area contributed by atoms with Crippen LogP contribution in [0.5, 0.6) is 0 Å². The van der Waals surface area contributed by atoms with E-state index in [0.717, 1.165) is 36.5 Å². The first kappa shape index (κ1) is 20.4. The number of nitrogens with one attached hydrogen (secondary N) is 2. The quantitative estimate of drug-likeness (QED) is 0.636. The molecule has 1 atom stereocenters. The monoisotopic (exact) mass is 423 g/mol. The van der Waals surface area contributed by atoms with E-state index in [2.05, 4.69) is 20.8 Å². The molecule has 8 heteroatoms. The molecule has 1 unspecified atom stereocenters. The van der Waals surface area contributed by atoms with E-state index in [0.29, 0.717) is 29.6 Å². The van der Waals surface area contributed by atoms with Crippen LogP contribution in [0, 0.1) is 12.8 Å². The van der Waals surface area contributed by atoms with Gasteiger partial charge in [-0.1, -0.05) is 41.7 Å². The summed E-state index contributed by atoms with van der Waals surface area (Å²) in [5.41, 5.74) is 1.70. The smallest absolute Gasteiger partial charge is 0.263 e. The molecule has 1 fully saturated rings. The first-order valence-corrected chi connectivity index (χ1v) is 11.0. The van der Waals surface area contributed by atoms with Gasteiger partial charge < -0.3 is 9.88 Å². The van der Waals surface area contributed by atoms with Gasteiger partial charge in [-0.25, -0.2) is 0 Å². The summed E-state index contributed by atoms with van der Waals surface area (Å²) < 4.78 is 1.65. The summed E-state index contributed by atoms with van der Waals surface area (Å²) in [6, 6.07) is 11.8. The first-order chi connectivity index (χ1) is 14.6. The van der Waals surface area contributed by atoms with Crippen molar-refractivity contribution in [3.05, 3.63) is 74.6 Å².